The van der Waals surface area contributed by atoms with Crippen LogP contribution in [-0.4, -0.2) is 58.2 Å². The summed E-state index contributed by atoms with van der Waals surface area (Å²) in [5, 5.41) is 6.37. The van der Waals surface area contributed by atoms with E-state index in [0.29, 0.717) is 44.4 Å². The molecule has 0 saturated carbocycles. The number of rotatable bonds is 13. The zero-order chi connectivity index (χ0) is 21.6. The van der Waals surface area contributed by atoms with E-state index in [-0.39, 0.29) is 24.1 Å². The normalized spacial score (nSPS) is 16.7. The fraction of sp³-hybridized carbons (Fsp3) is 0.667. The van der Waals surface area contributed by atoms with Crippen molar-refractivity contribution in [2.24, 2.45) is 4.99 Å². The molecule has 7 nitrogen and oxygen atoms in total. The van der Waals surface area contributed by atoms with Gasteiger partial charge in [-0.15, -0.1) is 0 Å². The molecule has 0 amide bonds. The third kappa shape index (κ3) is 8.71. The molecule has 0 spiro atoms. The minimum Gasteiger partial charge on any atom is -0.490 e. The van der Waals surface area contributed by atoms with Crippen molar-refractivity contribution in [1.82, 2.24) is 10.6 Å². The van der Waals surface area contributed by atoms with Crippen LogP contribution in [0.3, 0.4) is 0 Å². The molecule has 0 aliphatic carbocycles. The molecular formula is C21H33F2N3O4. The third-order valence-electron chi connectivity index (χ3n) is 4.40. The van der Waals surface area contributed by atoms with E-state index < -0.39 is 6.61 Å². The van der Waals surface area contributed by atoms with Gasteiger partial charge in [0.25, 0.3) is 0 Å². The van der Waals surface area contributed by atoms with Crippen molar-refractivity contribution in [1.29, 1.82) is 0 Å². The molecule has 1 aliphatic heterocycles. The maximum Gasteiger partial charge on any atom is 0.387 e. The van der Waals surface area contributed by atoms with Crippen molar-refractivity contribution in [2.45, 2.75) is 52.4 Å². The number of para-hydroxylation sites is 1. The lowest BCUT2D eigenvalue weighted by Crippen LogP contribution is -2.38. The van der Waals surface area contributed by atoms with Gasteiger partial charge in [0.05, 0.1) is 25.9 Å². The summed E-state index contributed by atoms with van der Waals surface area (Å²) in [6, 6.07) is 5.04. The van der Waals surface area contributed by atoms with E-state index in [0.717, 1.165) is 25.9 Å². The van der Waals surface area contributed by atoms with Crippen LogP contribution in [0.5, 0.6) is 11.5 Å². The van der Waals surface area contributed by atoms with Gasteiger partial charge >= 0.3 is 6.61 Å². The number of halogens is 2. The number of alkyl halides is 2. The van der Waals surface area contributed by atoms with Gasteiger partial charge in [-0.05, 0) is 39.2 Å². The average molecular weight is 430 g/mol. The van der Waals surface area contributed by atoms with Crippen LogP contribution in [0.15, 0.2) is 23.2 Å². The SMILES string of the molecule is CCNC(=NCc1cccc(OCC)c1OC(F)F)NCCCOCC1CCCO1. The number of benzene rings is 1. The summed E-state index contributed by atoms with van der Waals surface area (Å²) in [5.41, 5.74) is 0.526. The summed E-state index contributed by atoms with van der Waals surface area (Å²) in [4.78, 5) is 4.49. The molecule has 1 atom stereocenters. The first-order valence-corrected chi connectivity index (χ1v) is 10.5. The molecule has 1 aliphatic rings. The monoisotopic (exact) mass is 429 g/mol. The molecule has 1 aromatic carbocycles. The van der Waals surface area contributed by atoms with E-state index in [1.807, 2.05) is 6.92 Å². The number of nitrogens with one attached hydrogen (secondary N) is 2. The Kier molecular flexibility index (Phi) is 11.2. The standard InChI is InChI=1S/C21H33F2N3O4/c1-3-24-21(25-11-7-12-27-15-17-9-6-13-29-17)26-14-16-8-5-10-18(28-4-2)19(16)30-20(22)23/h5,8,10,17,20H,3-4,6-7,9,11-15H2,1-2H3,(H2,24,25,26). The molecule has 0 radical (unpaired) electrons. The van der Waals surface area contributed by atoms with Crippen molar-refractivity contribution in [3.63, 3.8) is 0 Å². The zero-order valence-corrected chi connectivity index (χ0v) is 17.8. The highest BCUT2D eigenvalue weighted by atomic mass is 19.3. The van der Waals surface area contributed by atoms with Crippen LogP contribution in [-0.2, 0) is 16.0 Å². The topological polar surface area (TPSA) is 73.3 Å². The van der Waals surface area contributed by atoms with Gasteiger partial charge in [0, 0.05) is 31.9 Å². The molecule has 30 heavy (non-hydrogen) atoms. The number of ether oxygens (including phenoxy) is 4. The van der Waals surface area contributed by atoms with Crippen molar-refractivity contribution in [2.75, 3.05) is 39.5 Å². The summed E-state index contributed by atoms with van der Waals surface area (Å²) >= 11 is 0. The molecule has 1 heterocycles. The van der Waals surface area contributed by atoms with Crippen LogP contribution in [0.2, 0.25) is 0 Å². The summed E-state index contributed by atoms with van der Waals surface area (Å²) in [6.45, 7) is 4.80. The summed E-state index contributed by atoms with van der Waals surface area (Å²) in [5.74, 6) is 0.907. The summed E-state index contributed by atoms with van der Waals surface area (Å²) < 4.78 is 47.0. The number of hydrogen-bond donors (Lipinski definition) is 2. The van der Waals surface area contributed by atoms with Crippen LogP contribution in [0.4, 0.5) is 8.78 Å². The molecule has 2 rings (SSSR count). The van der Waals surface area contributed by atoms with Gasteiger partial charge in [-0.2, -0.15) is 8.78 Å². The van der Waals surface area contributed by atoms with Crippen molar-refractivity contribution >= 4 is 5.96 Å². The Morgan fingerprint density at radius 1 is 1.30 bits per heavy atom. The highest BCUT2D eigenvalue weighted by Crippen LogP contribution is 2.33. The van der Waals surface area contributed by atoms with E-state index in [4.69, 9.17) is 18.9 Å². The van der Waals surface area contributed by atoms with Crippen LogP contribution >= 0.6 is 0 Å². The number of hydrogen-bond acceptors (Lipinski definition) is 5. The van der Waals surface area contributed by atoms with Crippen molar-refractivity contribution in [3.8, 4) is 11.5 Å². The lowest BCUT2D eigenvalue weighted by Gasteiger charge is -2.15. The highest BCUT2D eigenvalue weighted by Gasteiger charge is 2.16. The fourth-order valence-electron chi connectivity index (χ4n) is 3.06. The smallest absolute Gasteiger partial charge is 0.387 e. The van der Waals surface area contributed by atoms with Gasteiger partial charge in [0.2, 0.25) is 0 Å². The highest BCUT2D eigenvalue weighted by molar-refractivity contribution is 5.79. The molecule has 0 aromatic heterocycles. The Morgan fingerprint density at radius 2 is 2.17 bits per heavy atom. The van der Waals surface area contributed by atoms with E-state index in [9.17, 15) is 8.78 Å². The lowest BCUT2D eigenvalue weighted by atomic mass is 10.2. The first-order valence-electron chi connectivity index (χ1n) is 10.5. The van der Waals surface area contributed by atoms with Crippen molar-refractivity contribution < 1.29 is 27.7 Å². The first kappa shape index (κ1) is 24.1. The molecule has 1 saturated heterocycles. The van der Waals surface area contributed by atoms with Gasteiger partial charge in [-0.1, -0.05) is 12.1 Å². The molecule has 2 N–H and O–H groups in total. The average Bonchev–Trinajstić information content (AvgIpc) is 3.24. The summed E-state index contributed by atoms with van der Waals surface area (Å²) in [6.07, 6.45) is 3.22. The lowest BCUT2D eigenvalue weighted by molar-refractivity contribution is -0.0520. The van der Waals surface area contributed by atoms with Crippen LogP contribution in [0.25, 0.3) is 0 Å². The van der Waals surface area contributed by atoms with Gasteiger partial charge in [0.1, 0.15) is 0 Å². The van der Waals surface area contributed by atoms with E-state index in [1.165, 1.54) is 0 Å². The van der Waals surface area contributed by atoms with E-state index in [1.54, 1.807) is 25.1 Å². The van der Waals surface area contributed by atoms with E-state index >= 15 is 0 Å². The Bertz CT molecular complexity index is 641. The fourth-order valence-corrected chi connectivity index (χ4v) is 3.06. The van der Waals surface area contributed by atoms with Gasteiger partial charge in [0.15, 0.2) is 17.5 Å². The van der Waals surface area contributed by atoms with Crippen LogP contribution < -0.4 is 20.1 Å². The maximum atomic E-state index is 12.8. The molecule has 9 heteroatoms. The third-order valence-corrected chi connectivity index (χ3v) is 4.40. The Hall–Kier alpha value is -2.13. The Labute approximate surface area is 177 Å². The quantitative estimate of drug-likeness (QED) is 0.285. The minimum atomic E-state index is -2.93. The van der Waals surface area contributed by atoms with Crippen LogP contribution in [0, 0.1) is 0 Å². The maximum absolute atomic E-state index is 12.8. The van der Waals surface area contributed by atoms with Gasteiger partial charge < -0.3 is 29.6 Å². The van der Waals surface area contributed by atoms with Crippen molar-refractivity contribution in [3.05, 3.63) is 23.8 Å². The Balaban J connectivity index is 1.86. The largest absolute Gasteiger partial charge is 0.490 e. The molecular weight excluding hydrogens is 396 g/mol. The summed E-state index contributed by atoms with van der Waals surface area (Å²) in [7, 11) is 0. The molecule has 170 valence electrons. The molecule has 1 unspecified atom stereocenters. The van der Waals surface area contributed by atoms with E-state index in [2.05, 4.69) is 15.6 Å². The Morgan fingerprint density at radius 3 is 2.87 bits per heavy atom. The minimum absolute atomic E-state index is 0.0245. The number of nitrogens with zero attached hydrogens (tertiary/aromatic N) is 1. The van der Waals surface area contributed by atoms with Crippen LogP contribution in [0.1, 0.15) is 38.7 Å². The molecule has 1 aromatic rings. The zero-order valence-electron chi connectivity index (χ0n) is 17.8. The van der Waals surface area contributed by atoms with Gasteiger partial charge in [-0.3, -0.25) is 0 Å². The molecule has 1 fully saturated rings. The predicted octanol–water partition coefficient (Wildman–Crippen LogP) is 3.33. The predicted molar refractivity (Wildman–Crippen MR) is 111 cm³/mol. The number of guanidine groups is 1. The second-order valence-corrected chi connectivity index (χ2v) is 6.74. The second kappa shape index (κ2) is 14.0. The molecule has 0 bridgehead atoms. The second-order valence-electron chi connectivity index (χ2n) is 6.74. The first-order chi connectivity index (χ1) is 14.6. The van der Waals surface area contributed by atoms with Gasteiger partial charge in [-0.25, -0.2) is 4.99 Å². The number of aliphatic imine (C=N–C) groups is 1.